The van der Waals surface area contributed by atoms with Gasteiger partial charge in [0.2, 0.25) is 0 Å². The number of hydrogen-bond donors (Lipinski definition) is 1. The molecular formula is C8H7IO2. The van der Waals surface area contributed by atoms with Crippen LogP contribution in [0.1, 0.15) is 15.9 Å². The number of hydrogen-bond acceptors (Lipinski definition) is 2. The van der Waals surface area contributed by atoms with E-state index in [-0.39, 0.29) is 6.61 Å². The Balaban J connectivity index is 3.09. The number of rotatable bonds is 2. The maximum Gasteiger partial charge on any atom is 0.151 e. The Morgan fingerprint density at radius 1 is 1.55 bits per heavy atom. The van der Waals surface area contributed by atoms with Crippen molar-refractivity contribution in [3.63, 3.8) is 0 Å². The Morgan fingerprint density at radius 2 is 2.27 bits per heavy atom. The van der Waals surface area contributed by atoms with Crippen molar-refractivity contribution in [2.24, 2.45) is 0 Å². The van der Waals surface area contributed by atoms with Crippen molar-refractivity contribution in [3.8, 4) is 0 Å². The predicted octanol–water partition coefficient (Wildman–Crippen LogP) is 1.60. The van der Waals surface area contributed by atoms with Gasteiger partial charge < -0.3 is 5.11 Å². The molecule has 11 heavy (non-hydrogen) atoms. The number of carbonyl (C=O) groups is 1. The van der Waals surface area contributed by atoms with Crippen LogP contribution in [0.15, 0.2) is 18.2 Å². The Morgan fingerprint density at radius 3 is 2.73 bits per heavy atom. The van der Waals surface area contributed by atoms with Crippen LogP contribution in [0.4, 0.5) is 0 Å². The molecule has 0 fully saturated rings. The molecule has 1 rings (SSSR count). The van der Waals surface area contributed by atoms with Gasteiger partial charge in [-0.3, -0.25) is 4.79 Å². The van der Waals surface area contributed by atoms with Gasteiger partial charge in [0.15, 0.2) is 6.29 Å². The van der Waals surface area contributed by atoms with E-state index in [1.54, 1.807) is 18.2 Å². The average Bonchev–Trinajstić information content (AvgIpc) is 2.04. The third kappa shape index (κ3) is 2.00. The normalized spacial score (nSPS) is 9.64. The molecule has 1 aromatic rings. The number of aldehydes is 1. The van der Waals surface area contributed by atoms with Crippen LogP contribution in [0.5, 0.6) is 0 Å². The van der Waals surface area contributed by atoms with Crippen LogP contribution in [0, 0.1) is 3.57 Å². The van der Waals surface area contributed by atoms with E-state index < -0.39 is 0 Å². The fourth-order valence-electron chi connectivity index (χ4n) is 0.765. The standard InChI is InChI=1S/C8H7IO2/c9-8-3-6(4-10)1-2-7(8)5-11/h1-3,5,10H,4H2. The zero-order chi connectivity index (χ0) is 8.27. The number of halogens is 1. The van der Waals surface area contributed by atoms with Crippen molar-refractivity contribution in [1.29, 1.82) is 0 Å². The van der Waals surface area contributed by atoms with Crippen molar-refractivity contribution in [2.45, 2.75) is 6.61 Å². The lowest BCUT2D eigenvalue weighted by Crippen LogP contribution is -1.89. The van der Waals surface area contributed by atoms with Gasteiger partial charge in [-0.25, -0.2) is 0 Å². The molecule has 0 spiro atoms. The van der Waals surface area contributed by atoms with Gasteiger partial charge in [-0.1, -0.05) is 12.1 Å². The van der Waals surface area contributed by atoms with Crippen LogP contribution in [-0.4, -0.2) is 11.4 Å². The second-order valence-corrected chi connectivity index (χ2v) is 3.29. The molecule has 1 aromatic carbocycles. The summed E-state index contributed by atoms with van der Waals surface area (Å²) < 4.78 is 0.879. The lowest BCUT2D eigenvalue weighted by molar-refractivity contribution is 0.112. The molecule has 0 aliphatic rings. The van der Waals surface area contributed by atoms with Crippen LogP contribution >= 0.6 is 22.6 Å². The molecule has 0 heterocycles. The topological polar surface area (TPSA) is 37.3 Å². The summed E-state index contributed by atoms with van der Waals surface area (Å²) in [5, 5.41) is 8.73. The summed E-state index contributed by atoms with van der Waals surface area (Å²) in [6.07, 6.45) is 0.808. The minimum absolute atomic E-state index is 0.0230. The average molecular weight is 262 g/mol. The third-order valence-electron chi connectivity index (χ3n) is 1.37. The van der Waals surface area contributed by atoms with Crippen LogP contribution in [0.3, 0.4) is 0 Å². The van der Waals surface area contributed by atoms with Crippen molar-refractivity contribution >= 4 is 28.9 Å². The molecule has 0 radical (unpaired) electrons. The first kappa shape index (κ1) is 8.67. The Kier molecular flexibility index (Phi) is 3.02. The molecule has 58 valence electrons. The number of aliphatic hydroxyl groups excluding tert-OH is 1. The highest BCUT2D eigenvalue weighted by molar-refractivity contribution is 14.1. The van der Waals surface area contributed by atoms with E-state index in [0.717, 1.165) is 15.4 Å². The Hall–Kier alpha value is -0.420. The largest absolute Gasteiger partial charge is 0.392 e. The van der Waals surface area contributed by atoms with Crippen LogP contribution in [0.2, 0.25) is 0 Å². The van der Waals surface area contributed by atoms with Gasteiger partial charge in [-0.2, -0.15) is 0 Å². The van der Waals surface area contributed by atoms with Gasteiger partial charge in [0, 0.05) is 9.13 Å². The minimum atomic E-state index is 0.0230. The Labute approximate surface area is 78.4 Å². The molecule has 0 saturated carbocycles. The summed E-state index contributed by atoms with van der Waals surface area (Å²) in [7, 11) is 0. The SMILES string of the molecule is O=Cc1ccc(CO)cc1I. The van der Waals surface area contributed by atoms with E-state index in [9.17, 15) is 4.79 Å². The van der Waals surface area contributed by atoms with Gasteiger partial charge in [-0.15, -0.1) is 0 Å². The zero-order valence-corrected chi connectivity index (χ0v) is 7.91. The number of aliphatic hydroxyl groups is 1. The zero-order valence-electron chi connectivity index (χ0n) is 5.75. The summed E-state index contributed by atoms with van der Waals surface area (Å²) in [4.78, 5) is 10.4. The fraction of sp³-hybridized carbons (Fsp3) is 0.125. The molecule has 0 bridgehead atoms. The lowest BCUT2D eigenvalue weighted by Gasteiger charge is -1.98. The summed E-state index contributed by atoms with van der Waals surface area (Å²) in [6.45, 7) is 0.0230. The van der Waals surface area contributed by atoms with Crippen LogP contribution in [-0.2, 0) is 6.61 Å². The molecule has 3 heteroatoms. The van der Waals surface area contributed by atoms with E-state index in [2.05, 4.69) is 22.6 Å². The lowest BCUT2D eigenvalue weighted by atomic mass is 10.2. The molecule has 0 atom stereocenters. The minimum Gasteiger partial charge on any atom is -0.392 e. The molecule has 2 nitrogen and oxygen atoms in total. The highest BCUT2D eigenvalue weighted by Gasteiger charge is 1.98. The van der Waals surface area contributed by atoms with E-state index in [4.69, 9.17) is 5.11 Å². The first-order chi connectivity index (χ1) is 5.27. The number of benzene rings is 1. The van der Waals surface area contributed by atoms with Crippen molar-refractivity contribution in [3.05, 3.63) is 32.9 Å². The first-order valence-electron chi connectivity index (χ1n) is 3.12. The quantitative estimate of drug-likeness (QED) is 0.649. The van der Waals surface area contributed by atoms with E-state index in [0.29, 0.717) is 5.56 Å². The highest BCUT2D eigenvalue weighted by Crippen LogP contribution is 2.12. The number of carbonyl (C=O) groups excluding carboxylic acids is 1. The van der Waals surface area contributed by atoms with Crippen molar-refractivity contribution < 1.29 is 9.90 Å². The first-order valence-corrected chi connectivity index (χ1v) is 4.20. The molecule has 0 amide bonds. The summed E-state index contributed by atoms with van der Waals surface area (Å²) >= 11 is 2.07. The van der Waals surface area contributed by atoms with Gasteiger partial charge in [-0.05, 0) is 34.2 Å². The molecule has 0 saturated heterocycles. The maximum absolute atomic E-state index is 10.4. The molecular weight excluding hydrogens is 255 g/mol. The van der Waals surface area contributed by atoms with Crippen molar-refractivity contribution in [1.82, 2.24) is 0 Å². The highest BCUT2D eigenvalue weighted by atomic mass is 127. The Bertz CT molecular complexity index is 271. The summed E-state index contributed by atoms with van der Waals surface area (Å²) in [6, 6.07) is 5.25. The van der Waals surface area contributed by atoms with Gasteiger partial charge in [0.25, 0.3) is 0 Å². The van der Waals surface area contributed by atoms with Gasteiger partial charge in [0.05, 0.1) is 6.61 Å². The summed E-state index contributed by atoms with van der Waals surface area (Å²) in [5.41, 5.74) is 1.50. The van der Waals surface area contributed by atoms with Gasteiger partial charge >= 0.3 is 0 Å². The molecule has 0 unspecified atom stereocenters. The monoisotopic (exact) mass is 262 g/mol. The summed E-state index contributed by atoms with van der Waals surface area (Å²) in [5.74, 6) is 0. The third-order valence-corrected chi connectivity index (χ3v) is 2.31. The molecule has 0 aliphatic heterocycles. The fourth-order valence-corrected chi connectivity index (χ4v) is 1.47. The van der Waals surface area contributed by atoms with E-state index in [1.807, 2.05) is 0 Å². The van der Waals surface area contributed by atoms with E-state index >= 15 is 0 Å². The van der Waals surface area contributed by atoms with Crippen LogP contribution < -0.4 is 0 Å². The second kappa shape index (κ2) is 3.82. The molecule has 1 N–H and O–H groups in total. The molecule has 0 aromatic heterocycles. The molecule has 0 aliphatic carbocycles. The second-order valence-electron chi connectivity index (χ2n) is 2.13. The predicted molar refractivity (Wildman–Crippen MR) is 50.5 cm³/mol. The maximum atomic E-state index is 10.4. The van der Waals surface area contributed by atoms with E-state index in [1.165, 1.54) is 0 Å². The van der Waals surface area contributed by atoms with Gasteiger partial charge in [0.1, 0.15) is 0 Å². The smallest absolute Gasteiger partial charge is 0.151 e. The van der Waals surface area contributed by atoms with Crippen molar-refractivity contribution in [2.75, 3.05) is 0 Å². The van der Waals surface area contributed by atoms with Crippen LogP contribution in [0.25, 0.3) is 0 Å².